The second-order valence-electron chi connectivity index (χ2n) is 7.24. The molecule has 0 atom stereocenters. The summed E-state index contributed by atoms with van der Waals surface area (Å²) in [6.07, 6.45) is 1.98. The van der Waals surface area contributed by atoms with Crippen LogP contribution in [0.3, 0.4) is 0 Å². The number of piperazine rings is 1. The van der Waals surface area contributed by atoms with Gasteiger partial charge < -0.3 is 15.2 Å². The van der Waals surface area contributed by atoms with Crippen LogP contribution in [0.5, 0.6) is 0 Å². The van der Waals surface area contributed by atoms with Crippen molar-refractivity contribution in [2.45, 2.75) is 44.8 Å². The first-order chi connectivity index (χ1) is 12.7. The van der Waals surface area contributed by atoms with Gasteiger partial charge in [0, 0.05) is 37.3 Å². The first-order valence-electron chi connectivity index (χ1n) is 9.41. The number of aromatic nitrogens is 3. The molecule has 1 aliphatic heterocycles. The Labute approximate surface area is 153 Å². The van der Waals surface area contributed by atoms with Crippen LogP contribution in [0.1, 0.15) is 37.3 Å². The topological polar surface area (TPSA) is 80.3 Å². The molecule has 2 fully saturated rings. The average Bonchev–Trinajstić information content (AvgIpc) is 3.02. The number of carbonyl (C=O) groups excluding carboxylic acids is 1. The summed E-state index contributed by atoms with van der Waals surface area (Å²) in [4.78, 5) is 16.6. The van der Waals surface area contributed by atoms with Crippen molar-refractivity contribution < 1.29 is 4.79 Å². The summed E-state index contributed by atoms with van der Waals surface area (Å²) in [6.45, 7) is 5.58. The van der Waals surface area contributed by atoms with E-state index >= 15 is 0 Å². The molecule has 2 N–H and O–H groups in total. The molecule has 4 rings (SSSR count). The van der Waals surface area contributed by atoms with Gasteiger partial charge in [0.25, 0.3) is 0 Å². The number of carbonyl (C=O) groups is 1. The third-order valence-corrected chi connectivity index (χ3v) is 5.44. The lowest BCUT2D eigenvalue weighted by molar-refractivity contribution is -0.121. The molecular formula is C19H26N6O. The Morgan fingerprint density at radius 1 is 1.15 bits per heavy atom. The Hall–Kier alpha value is -2.25. The summed E-state index contributed by atoms with van der Waals surface area (Å²) in [5.41, 5.74) is 6.89. The van der Waals surface area contributed by atoms with E-state index in [0.717, 1.165) is 43.3 Å². The normalized spacial score (nSPS) is 23.9. The first kappa shape index (κ1) is 17.2. The summed E-state index contributed by atoms with van der Waals surface area (Å²) >= 11 is 0. The van der Waals surface area contributed by atoms with Gasteiger partial charge >= 0.3 is 0 Å². The number of amides is 1. The maximum absolute atomic E-state index is 12.6. The van der Waals surface area contributed by atoms with Crippen LogP contribution in [0.15, 0.2) is 30.3 Å². The third kappa shape index (κ3) is 3.24. The lowest BCUT2D eigenvalue weighted by Gasteiger charge is -2.34. The Kier molecular flexibility index (Phi) is 4.74. The van der Waals surface area contributed by atoms with Gasteiger partial charge in [-0.2, -0.15) is 0 Å². The van der Waals surface area contributed by atoms with Crippen LogP contribution in [-0.2, 0) is 17.9 Å². The average molecular weight is 354 g/mol. The predicted molar refractivity (Wildman–Crippen MR) is 99.7 cm³/mol. The van der Waals surface area contributed by atoms with Crippen molar-refractivity contribution in [1.82, 2.24) is 19.7 Å². The van der Waals surface area contributed by atoms with Crippen molar-refractivity contribution >= 4 is 11.6 Å². The molecule has 1 aliphatic carbocycles. The molecule has 0 spiro atoms. The predicted octanol–water partition coefficient (Wildman–Crippen LogP) is 1.35. The zero-order chi connectivity index (χ0) is 18.1. The summed E-state index contributed by atoms with van der Waals surface area (Å²) in [5.74, 6) is 2.57. The van der Waals surface area contributed by atoms with Crippen LogP contribution < -0.4 is 10.6 Å². The fraction of sp³-hybridized carbons (Fsp3) is 0.526. The molecule has 26 heavy (non-hydrogen) atoms. The Bertz CT molecular complexity index is 768. The maximum Gasteiger partial charge on any atom is 0.241 e. The molecule has 1 amide bonds. The van der Waals surface area contributed by atoms with Gasteiger partial charge in [-0.1, -0.05) is 18.2 Å². The molecule has 1 aromatic carbocycles. The van der Waals surface area contributed by atoms with Crippen LogP contribution in [0.25, 0.3) is 0 Å². The Morgan fingerprint density at radius 2 is 1.92 bits per heavy atom. The molecular weight excluding hydrogens is 328 g/mol. The minimum atomic E-state index is 0.134. The van der Waals surface area contributed by atoms with Crippen LogP contribution in [0, 0.1) is 0 Å². The van der Waals surface area contributed by atoms with Crippen molar-refractivity contribution in [3.05, 3.63) is 42.0 Å². The third-order valence-electron chi connectivity index (χ3n) is 5.44. The second kappa shape index (κ2) is 7.17. The van der Waals surface area contributed by atoms with Gasteiger partial charge in [0.15, 0.2) is 0 Å². The molecule has 2 aromatic rings. The minimum absolute atomic E-state index is 0.134. The summed E-state index contributed by atoms with van der Waals surface area (Å²) < 4.78 is 2.20. The number of para-hydroxylation sites is 1. The quantitative estimate of drug-likeness (QED) is 0.877. The van der Waals surface area contributed by atoms with Crippen molar-refractivity contribution in [2.75, 3.05) is 24.5 Å². The van der Waals surface area contributed by atoms with Gasteiger partial charge in [-0.15, -0.1) is 10.2 Å². The SMILES string of the molecule is CCn1c(CN2CCN(c3ccccc3)C(=O)C2)nnc1C1CC(N)C1. The molecule has 1 aromatic heterocycles. The highest BCUT2D eigenvalue weighted by Gasteiger charge is 2.32. The van der Waals surface area contributed by atoms with Crippen molar-refractivity contribution in [3.63, 3.8) is 0 Å². The Balaban J connectivity index is 1.42. The van der Waals surface area contributed by atoms with Gasteiger partial charge in [-0.25, -0.2) is 0 Å². The zero-order valence-electron chi connectivity index (χ0n) is 15.2. The molecule has 0 radical (unpaired) electrons. The number of hydrogen-bond acceptors (Lipinski definition) is 5. The number of nitrogens with two attached hydrogens (primary N) is 1. The van der Waals surface area contributed by atoms with Crippen LogP contribution in [0.2, 0.25) is 0 Å². The highest BCUT2D eigenvalue weighted by Crippen LogP contribution is 2.35. The highest BCUT2D eigenvalue weighted by molar-refractivity contribution is 5.95. The number of nitrogens with zero attached hydrogens (tertiary/aromatic N) is 5. The molecule has 1 saturated carbocycles. The number of hydrogen-bond donors (Lipinski definition) is 1. The summed E-state index contributed by atoms with van der Waals surface area (Å²) in [6, 6.07) is 10.2. The minimum Gasteiger partial charge on any atom is -0.328 e. The fourth-order valence-corrected chi connectivity index (χ4v) is 3.92. The zero-order valence-corrected chi connectivity index (χ0v) is 15.2. The van der Waals surface area contributed by atoms with Gasteiger partial charge in [0.2, 0.25) is 5.91 Å². The van der Waals surface area contributed by atoms with Gasteiger partial charge in [-0.3, -0.25) is 9.69 Å². The number of anilines is 1. The number of rotatable bonds is 5. The summed E-state index contributed by atoms with van der Waals surface area (Å²) in [5, 5.41) is 8.84. The molecule has 2 aliphatic rings. The molecule has 2 heterocycles. The fourth-order valence-electron chi connectivity index (χ4n) is 3.92. The van der Waals surface area contributed by atoms with Crippen molar-refractivity contribution in [2.24, 2.45) is 5.73 Å². The highest BCUT2D eigenvalue weighted by atomic mass is 16.2. The van der Waals surface area contributed by atoms with Crippen LogP contribution in [-0.4, -0.2) is 51.2 Å². The van der Waals surface area contributed by atoms with Gasteiger partial charge in [0.1, 0.15) is 11.6 Å². The Morgan fingerprint density at radius 3 is 2.58 bits per heavy atom. The van der Waals surface area contributed by atoms with Crippen molar-refractivity contribution in [3.8, 4) is 0 Å². The van der Waals surface area contributed by atoms with E-state index in [4.69, 9.17) is 5.73 Å². The smallest absolute Gasteiger partial charge is 0.241 e. The van der Waals surface area contributed by atoms with E-state index in [2.05, 4.69) is 26.6 Å². The van der Waals surface area contributed by atoms with E-state index in [1.807, 2.05) is 35.2 Å². The van der Waals surface area contributed by atoms with Gasteiger partial charge in [-0.05, 0) is 31.9 Å². The largest absolute Gasteiger partial charge is 0.328 e. The lowest BCUT2D eigenvalue weighted by atomic mass is 9.80. The molecule has 1 saturated heterocycles. The van der Waals surface area contributed by atoms with E-state index in [0.29, 0.717) is 31.6 Å². The number of benzene rings is 1. The van der Waals surface area contributed by atoms with E-state index < -0.39 is 0 Å². The van der Waals surface area contributed by atoms with Crippen LogP contribution >= 0.6 is 0 Å². The van der Waals surface area contributed by atoms with Crippen molar-refractivity contribution in [1.29, 1.82) is 0 Å². The summed E-state index contributed by atoms with van der Waals surface area (Å²) in [7, 11) is 0. The maximum atomic E-state index is 12.6. The van der Waals surface area contributed by atoms with E-state index in [1.165, 1.54) is 0 Å². The molecule has 0 bridgehead atoms. The van der Waals surface area contributed by atoms with Gasteiger partial charge in [0.05, 0.1) is 13.1 Å². The van der Waals surface area contributed by atoms with E-state index in [-0.39, 0.29) is 5.91 Å². The molecule has 138 valence electrons. The standard InChI is InChI=1S/C19H26N6O/c1-2-24-17(21-22-19(24)14-10-15(20)11-14)12-23-8-9-25(18(26)13-23)16-6-4-3-5-7-16/h3-7,14-15H,2,8-13,20H2,1H3. The van der Waals surface area contributed by atoms with Crippen LogP contribution in [0.4, 0.5) is 5.69 Å². The monoisotopic (exact) mass is 354 g/mol. The first-order valence-corrected chi connectivity index (χ1v) is 9.41. The van der Waals surface area contributed by atoms with E-state index in [9.17, 15) is 4.79 Å². The lowest BCUT2D eigenvalue weighted by Crippen LogP contribution is -2.50. The molecule has 0 unspecified atom stereocenters. The molecule has 7 nitrogen and oxygen atoms in total. The molecule has 7 heteroatoms. The second-order valence-corrected chi connectivity index (χ2v) is 7.24. The van der Waals surface area contributed by atoms with E-state index in [1.54, 1.807) is 0 Å².